The molecule has 9 heteroatoms. The summed E-state index contributed by atoms with van der Waals surface area (Å²) in [5.74, 6) is -0.641. The lowest BCUT2D eigenvalue weighted by molar-refractivity contribution is -0.116. The van der Waals surface area contributed by atoms with E-state index in [1.54, 1.807) is 66.7 Å². The monoisotopic (exact) mass is 661 g/mol. The summed E-state index contributed by atoms with van der Waals surface area (Å²) in [6.45, 7) is 1.90. The van der Waals surface area contributed by atoms with Crippen molar-refractivity contribution in [2.75, 3.05) is 17.7 Å². The average molecular weight is 662 g/mol. The van der Waals surface area contributed by atoms with E-state index in [0.717, 1.165) is 16.0 Å². The quantitative estimate of drug-likeness (QED) is 0.0974. The first-order valence-corrected chi connectivity index (χ1v) is 16.0. The van der Waals surface area contributed by atoms with Crippen molar-refractivity contribution in [3.05, 3.63) is 160 Å². The summed E-state index contributed by atoms with van der Waals surface area (Å²) in [6.07, 6.45) is 1.57. The number of para-hydroxylation sites is 1. The van der Waals surface area contributed by atoms with E-state index in [1.807, 2.05) is 73.7 Å². The molecule has 0 heterocycles. The maximum Gasteiger partial charge on any atom is 0.272 e. The number of amides is 3. The van der Waals surface area contributed by atoms with Crippen LogP contribution in [0.5, 0.6) is 5.75 Å². The summed E-state index contributed by atoms with van der Waals surface area (Å²) in [7, 11) is 1.54. The number of halogens is 1. The van der Waals surface area contributed by atoms with Gasteiger partial charge in [0, 0.05) is 32.4 Å². The molecule has 5 rings (SSSR count). The molecule has 5 aromatic rings. The van der Waals surface area contributed by atoms with Crippen LogP contribution < -0.4 is 20.7 Å². The Kier molecular flexibility index (Phi) is 11.1. The number of hydrogen-bond acceptors (Lipinski definition) is 5. The molecule has 5 aromatic carbocycles. The Morgan fingerprint density at radius 2 is 1.45 bits per heavy atom. The normalized spacial score (nSPS) is 11.7. The molecule has 1 unspecified atom stereocenters. The molecule has 1 atom stereocenters. The van der Waals surface area contributed by atoms with Crippen LogP contribution in [0.4, 0.5) is 11.4 Å². The molecule has 0 radical (unpaired) electrons. The maximum atomic E-state index is 13.7. The third kappa shape index (κ3) is 8.91. The highest BCUT2D eigenvalue weighted by Crippen LogP contribution is 2.37. The number of benzene rings is 5. The summed E-state index contributed by atoms with van der Waals surface area (Å²) in [5.41, 5.74) is 3.86. The van der Waals surface area contributed by atoms with Gasteiger partial charge in [-0.15, -0.1) is 11.8 Å². The second kappa shape index (κ2) is 15.8. The van der Waals surface area contributed by atoms with Gasteiger partial charge in [-0.2, -0.15) is 0 Å². The summed E-state index contributed by atoms with van der Waals surface area (Å²) < 4.78 is 5.46. The van der Waals surface area contributed by atoms with E-state index >= 15 is 0 Å². The zero-order valence-electron chi connectivity index (χ0n) is 25.7. The van der Waals surface area contributed by atoms with Gasteiger partial charge in [0.05, 0.1) is 7.11 Å². The SMILES string of the molecule is COc1ccccc1/C=C(/NC(=O)c1ccccc1)C(=O)Nc1cccc(SC(C(=O)Nc2ccc(C)c(Cl)c2)c2ccccc2)c1. The number of hydrogen-bond donors (Lipinski definition) is 3. The van der Waals surface area contributed by atoms with Crippen LogP contribution in [0.1, 0.15) is 32.3 Å². The highest BCUT2D eigenvalue weighted by Gasteiger charge is 2.23. The number of carbonyl (C=O) groups is 3. The van der Waals surface area contributed by atoms with Crippen molar-refractivity contribution in [1.82, 2.24) is 5.32 Å². The van der Waals surface area contributed by atoms with Crippen LogP contribution in [0.3, 0.4) is 0 Å². The first-order valence-electron chi connectivity index (χ1n) is 14.7. The van der Waals surface area contributed by atoms with Crippen molar-refractivity contribution in [2.24, 2.45) is 0 Å². The van der Waals surface area contributed by atoms with E-state index in [2.05, 4.69) is 16.0 Å². The lowest BCUT2D eigenvalue weighted by Gasteiger charge is -2.18. The van der Waals surface area contributed by atoms with E-state index in [0.29, 0.717) is 33.3 Å². The Morgan fingerprint density at radius 3 is 2.17 bits per heavy atom. The highest BCUT2D eigenvalue weighted by molar-refractivity contribution is 8.00. The smallest absolute Gasteiger partial charge is 0.272 e. The largest absolute Gasteiger partial charge is 0.496 e. The molecule has 3 amide bonds. The summed E-state index contributed by atoms with van der Waals surface area (Å²) >= 11 is 7.64. The molecule has 0 bridgehead atoms. The Morgan fingerprint density at radius 1 is 0.766 bits per heavy atom. The van der Waals surface area contributed by atoms with Crippen LogP contribution in [0.25, 0.3) is 6.08 Å². The number of carbonyl (C=O) groups excluding carboxylic acids is 3. The molecule has 0 aromatic heterocycles. The minimum Gasteiger partial charge on any atom is -0.496 e. The van der Waals surface area contributed by atoms with Gasteiger partial charge in [-0.3, -0.25) is 14.4 Å². The van der Waals surface area contributed by atoms with Crippen LogP contribution >= 0.6 is 23.4 Å². The van der Waals surface area contributed by atoms with Crippen molar-refractivity contribution < 1.29 is 19.1 Å². The Hall–Kier alpha value is -5.31. The molecule has 3 N–H and O–H groups in total. The fourth-order valence-corrected chi connectivity index (χ4v) is 5.91. The molecule has 0 fully saturated rings. The highest BCUT2D eigenvalue weighted by atomic mass is 35.5. The van der Waals surface area contributed by atoms with Gasteiger partial charge in [-0.1, -0.05) is 90.5 Å². The summed E-state index contributed by atoms with van der Waals surface area (Å²) in [4.78, 5) is 41.1. The lowest BCUT2D eigenvalue weighted by atomic mass is 10.1. The fraction of sp³-hybridized carbons (Fsp3) is 0.0789. The second-order valence-corrected chi connectivity index (χ2v) is 12.0. The number of thioether (sulfide) groups is 1. The molecular formula is C38H32ClN3O4S. The molecule has 0 aliphatic rings. The van der Waals surface area contributed by atoms with Crippen LogP contribution in [0.2, 0.25) is 5.02 Å². The Balaban J connectivity index is 1.39. The number of anilines is 2. The van der Waals surface area contributed by atoms with Crippen molar-refractivity contribution in [2.45, 2.75) is 17.1 Å². The van der Waals surface area contributed by atoms with Crippen LogP contribution in [-0.2, 0) is 9.59 Å². The third-order valence-corrected chi connectivity index (χ3v) is 8.75. The molecule has 7 nitrogen and oxygen atoms in total. The number of nitrogens with one attached hydrogen (secondary N) is 3. The van der Waals surface area contributed by atoms with Crippen molar-refractivity contribution >= 4 is 58.5 Å². The van der Waals surface area contributed by atoms with E-state index in [4.69, 9.17) is 16.3 Å². The number of methoxy groups -OCH3 is 1. The molecule has 0 aliphatic heterocycles. The minimum absolute atomic E-state index is 0.0275. The van der Waals surface area contributed by atoms with E-state index in [1.165, 1.54) is 18.9 Å². The Bertz CT molecular complexity index is 1920. The topological polar surface area (TPSA) is 96.5 Å². The molecule has 0 saturated heterocycles. The third-order valence-electron chi connectivity index (χ3n) is 7.09. The lowest BCUT2D eigenvalue weighted by Crippen LogP contribution is -2.30. The number of aryl methyl sites for hydroxylation is 1. The summed E-state index contributed by atoms with van der Waals surface area (Å²) in [5, 5.41) is 8.60. The van der Waals surface area contributed by atoms with Gasteiger partial charge in [-0.25, -0.2) is 0 Å². The van der Waals surface area contributed by atoms with Crippen LogP contribution in [-0.4, -0.2) is 24.8 Å². The zero-order chi connectivity index (χ0) is 33.2. The van der Waals surface area contributed by atoms with Gasteiger partial charge >= 0.3 is 0 Å². The van der Waals surface area contributed by atoms with Gasteiger partial charge in [0.15, 0.2) is 0 Å². The first kappa shape index (κ1) is 33.1. The molecular weight excluding hydrogens is 630 g/mol. The van der Waals surface area contributed by atoms with Gasteiger partial charge in [-0.05, 0) is 72.7 Å². The van der Waals surface area contributed by atoms with Crippen molar-refractivity contribution in [3.8, 4) is 5.75 Å². The van der Waals surface area contributed by atoms with Crippen molar-refractivity contribution in [3.63, 3.8) is 0 Å². The summed E-state index contributed by atoms with van der Waals surface area (Å²) in [6, 6.07) is 37.9. The van der Waals surface area contributed by atoms with Crippen molar-refractivity contribution in [1.29, 1.82) is 0 Å². The standard InChI is InChI=1S/C38H32ClN3O4S/c1-25-20-21-30(24-32(25)39)41-38(45)35(26-12-5-3-6-13-26)47-31-18-11-17-29(23-31)40-37(44)33(22-28-16-9-10-19-34(28)46-2)42-36(43)27-14-7-4-8-15-27/h3-24,35H,1-2H3,(H,40,44)(H,41,45)(H,42,43)/b33-22+. The predicted octanol–water partition coefficient (Wildman–Crippen LogP) is 8.54. The predicted molar refractivity (Wildman–Crippen MR) is 190 cm³/mol. The molecule has 0 saturated carbocycles. The van der Waals surface area contributed by atoms with Gasteiger partial charge in [0.25, 0.3) is 11.8 Å². The molecule has 0 spiro atoms. The van der Waals surface area contributed by atoms with Crippen LogP contribution in [0.15, 0.2) is 138 Å². The molecule has 236 valence electrons. The average Bonchev–Trinajstić information content (AvgIpc) is 3.09. The molecule has 0 aliphatic carbocycles. The molecule has 47 heavy (non-hydrogen) atoms. The number of ether oxygens (including phenoxy) is 1. The zero-order valence-corrected chi connectivity index (χ0v) is 27.3. The van der Waals surface area contributed by atoms with Gasteiger partial charge in [0.2, 0.25) is 5.91 Å². The van der Waals surface area contributed by atoms with Gasteiger partial charge < -0.3 is 20.7 Å². The van der Waals surface area contributed by atoms with E-state index in [9.17, 15) is 14.4 Å². The van der Waals surface area contributed by atoms with E-state index in [-0.39, 0.29) is 11.6 Å². The maximum absolute atomic E-state index is 13.7. The number of rotatable bonds is 11. The fourth-order valence-electron chi connectivity index (χ4n) is 4.64. The minimum atomic E-state index is -0.603. The Labute approximate surface area is 283 Å². The van der Waals surface area contributed by atoms with Crippen LogP contribution in [0, 0.1) is 6.92 Å². The second-order valence-electron chi connectivity index (χ2n) is 10.5. The van der Waals surface area contributed by atoms with Gasteiger partial charge in [0.1, 0.15) is 16.7 Å². The first-order chi connectivity index (χ1) is 22.8. The van der Waals surface area contributed by atoms with E-state index < -0.39 is 17.1 Å².